The second kappa shape index (κ2) is 6.98. The van der Waals surface area contributed by atoms with Crippen molar-refractivity contribution in [3.05, 3.63) is 35.9 Å². The van der Waals surface area contributed by atoms with Crippen LogP contribution in [-0.4, -0.2) is 58.5 Å². The maximum Gasteiger partial charge on any atom is 0.216 e. The highest BCUT2D eigenvalue weighted by molar-refractivity contribution is 5.72. The Kier molecular flexibility index (Phi) is 5.27. The molecule has 0 radical (unpaired) electrons. The molecule has 2 rings (SSSR count). The molecule has 4 atom stereocenters. The van der Waals surface area contributed by atoms with Gasteiger partial charge in [0, 0.05) is 20.0 Å². The van der Waals surface area contributed by atoms with Crippen LogP contribution < -0.4 is 5.32 Å². The molecule has 1 aliphatic rings. The topological polar surface area (TPSA) is 72.8 Å². The first-order chi connectivity index (χ1) is 10.0. The Bertz CT molecular complexity index is 471. The Morgan fingerprint density at radius 1 is 1.33 bits per heavy atom. The van der Waals surface area contributed by atoms with Crippen molar-refractivity contribution in [1.82, 2.24) is 10.2 Å². The first kappa shape index (κ1) is 15.9. The monoisotopic (exact) mass is 296 g/mol. The van der Waals surface area contributed by atoms with Crippen molar-refractivity contribution >= 4 is 5.91 Å². The van der Waals surface area contributed by atoms with Gasteiger partial charge >= 0.3 is 0 Å². The van der Waals surface area contributed by atoms with Crippen molar-refractivity contribution in [3.8, 4) is 0 Å². The van der Waals surface area contributed by atoms with Crippen LogP contribution in [0.2, 0.25) is 0 Å². The molecular weight excluding hydrogens is 275 g/mol. The molecule has 0 spiro atoms. The first-order valence-corrected chi connectivity index (χ1v) is 7.01. The van der Waals surface area contributed by atoms with Crippen molar-refractivity contribution in [2.75, 3.05) is 13.2 Å². The second-order valence-electron chi connectivity index (χ2n) is 5.35. The Hall–Kier alpha value is -1.50. The Morgan fingerprint density at radius 3 is 2.57 bits per heavy atom. The van der Waals surface area contributed by atoms with Gasteiger partial charge in [0.05, 0.1) is 18.7 Å². The van der Waals surface area contributed by atoms with E-state index >= 15 is 0 Å². The van der Waals surface area contributed by atoms with Gasteiger partial charge in [-0.3, -0.25) is 9.69 Å². The molecule has 1 aromatic carbocycles. The summed E-state index contributed by atoms with van der Waals surface area (Å²) in [4.78, 5) is 12.8. The zero-order valence-corrected chi connectivity index (χ0v) is 11.9. The predicted octanol–water partition coefficient (Wildman–Crippen LogP) is 0.0668. The van der Waals surface area contributed by atoms with Gasteiger partial charge in [0.15, 0.2) is 0 Å². The molecule has 1 heterocycles. The van der Waals surface area contributed by atoms with E-state index in [9.17, 15) is 19.4 Å². The van der Waals surface area contributed by atoms with Crippen LogP contribution in [0.25, 0.3) is 0 Å². The SMILES string of the molecule is CC(=O)NC[C@@H]1[C@@H](O)[C@H](F)[C@@H](CO)N1Cc1ccccc1. The minimum Gasteiger partial charge on any atom is -0.395 e. The van der Waals surface area contributed by atoms with Gasteiger partial charge in [-0.1, -0.05) is 30.3 Å². The largest absolute Gasteiger partial charge is 0.395 e. The van der Waals surface area contributed by atoms with Crippen LogP contribution in [0.15, 0.2) is 30.3 Å². The van der Waals surface area contributed by atoms with Crippen molar-refractivity contribution in [3.63, 3.8) is 0 Å². The minimum atomic E-state index is -1.53. The number of likely N-dealkylation sites (tertiary alicyclic amines) is 1. The highest BCUT2D eigenvalue weighted by Gasteiger charge is 2.48. The van der Waals surface area contributed by atoms with Crippen molar-refractivity contribution in [1.29, 1.82) is 0 Å². The van der Waals surface area contributed by atoms with E-state index in [0.29, 0.717) is 6.54 Å². The average Bonchev–Trinajstić information content (AvgIpc) is 2.69. The summed E-state index contributed by atoms with van der Waals surface area (Å²) >= 11 is 0. The maximum atomic E-state index is 14.1. The number of halogens is 1. The lowest BCUT2D eigenvalue weighted by molar-refractivity contribution is -0.119. The third kappa shape index (κ3) is 3.58. The summed E-state index contributed by atoms with van der Waals surface area (Å²) < 4.78 is 14.1. The number of aliphatic hydroxyl groups is 2. The standard InChI is InChI=1S/C15H21FN2O3/c1-10(20)17-7-12-15(21)14(16)13(9-19)18(12)8-11-5-3-2-4-6-11/h2-6,12-15,19,21H,7-9H2,1H3,(H,17,20)/t12-,13-,14-,15-/m1/s1. The maximum absolute atomic E-state index is 14.1. The number of aliphatic hydroxyl groups excluding tert-OH is 2. The lowest BCUT2D eigenvalue weighted by atomic mass is 10.1. The number of rotatable bonds is 5. The minimum absolute atomic E-state index is 0.153. The van der Waals surface area contributed by atoms with E-state index in [1.807, 2.05) is 30.3 Å². The van der Waals surface area contributed by atoms with Gasteiger partial charge in [-0.25, -0.2) is 4.39 Å². The molecule has 1 amide bonds. The normalized spacial score (nSPS) is 29.5. The van der Waals surface area contributed by atoms with Crippen LogP contribution in [0.5, 0.6) is 0 Å². The predicted molar refractivity (Wildman–Crippen MR) is 76.2 cm³/mol. The summed E-state index contributed by atoms with van der Waals surface area (Å²) in [5, 5.41) is 22.1. The Labute approximate surface area is 123 Å². The summed E-state index contributed by atoms with van der Waals surface area (Å²) in [7, 11) is 0. The molecule has 1 fully saturated rings. The summed E-state index contributed by atoms with van der Waals surface area (Å²) in [5.41, 5.74) is 0.963. The number of hydrogen-bond acceptors (Lipinski definition) is 4. The van der Waals surface area contributed by atoms with E-state index < -0.39 is 24.4 Å². The quantitative estimate of drug-likeness (QED) is 0.719. The van der Waals surface area contributed by atoms with Gasteiger partial charge in [-0.15, -0.1) is 0 Å². The summed E-state index contributed by atoms with van der Waals surface area (Å²) in [5.74, 6) is -0.232. The number of alkyl halides is 1. The number of hydrogen-bond donors (Lipinski definition) is 3. The van der Waals surface area contributed by atoms with E-state index in [0.717, 1.165) is 5.56 Å². The van der Waals surface area contributed by atoms with Crippen molar-refractivity contribution < 1.29 is 19.4 Å². The number of nitrogens with zero attached hydrogens (tertiary/aromatic N) is 1. The zero-order chi connectivity index (χ0) is 15.4. The molecule has 0 unspecified atom stereocenters. The van der Waals surface area contributed by atoms with Crippen LogP contribution in [0, 0.1) is 0 Å². The molecule has 0 bridgehead atoms. The summed E-state index contributed by atoms with van der Waals surface area (Å²) in [6.07, 6.45) is -2.75. The molecular formula is C15H21FN2O3. The van der Waals surface area contributed by atoms with Gasteiger partial charge in [-0.2, -0.15) is 0 Å². The van der Waals surface area contributed by atoms with Crippen LogP contribution in [0.4, 0.5) is 4.39 Å². The first-order valence-electron chi connectivity index (χ1n) is 7.01. The van der Waals surface area contributed by atoms with Crippen molar-refractivity contribution in [2.24, 2.45) is 0 Å². The summed E-state index contributed by atoms with van der Waals surface area (Å²) in [6.45, 7) is 1.56. The smallest absolute Gasteiger partial charge is 0.216 e. The number of carbonyl (C=O) groups is 1. The molecule has 0 aromatic heterocycles. The van der Waals surface area contributed by atoms with Gasteiger partial charge in [-0.05, 0) is 5.56 Å². The van der Waals surface area contributed by atoms with Crippen LogP contribution in [0.1, 0.15) is 12.5 Å². The highest BCUT2D eigenvalue weighted by Crippen LogP contribution is 2.29. The third-order valence-electron chi connectivity index (χ3n) is 3.90. The Balaban J connectivity index is 2.16. The second-order valence-corrected chi connectivity index (χ2v) is 5.35. The molecule has 6 heteroatoms. The molecule has 5 nitrogen and oxygen atoms in total. The number of amides is 1. The number of benzene rings is 1. The van der Waals surface area contributed by atoms with Crippen LogP contribution in [-0.2, 0) is 11.3 Å². The molecule has 3 N–H and O–H groups in total. The van der Waals surface area contributed by atoms with E-state index in [1.165, 1.54) is 6.92 Å². The lowest BCUT2D eigenvalue weighted by Crippen LogP contribution is -2.46. The molecule has 0 aliphatic carbocycles. The van der Waals surface area contributed by atoms with E-state index in [2.05, 4.69) is 5.32 Å². The van der Waals surface area contributed by atoms with Gasteiger partial charge in [0.1, 0.15) is 12.3 Å². The van der Waals surface area contributed by atoms with E-state index in [4.69, 9.17) is 0 Å². The molecule has 0 saturated carbocycles. The third-order valence-corrected chi connectivity index (χ3v) is 3.90. The number of carbonyl (C=O) groups excluding carboxylic acids is 1. The molecule has 116 valence electrons. The van der Waals surface area contributed by atoms with Gasteiger partial charge in [0.25, 0.3) is 0 Å². The van der Waals surface area contributed by atoms with Gasteiger partial charge < -0.3 is 15.5 Å². The fourth-order valence-electron chi connectivity index (χ4n) is 2.79. The molecule has 1 aromatic rings. The zero-order valence-electron chi connectivity index (χ0n) is 11.9. The fourth-order valence-corrected chi connectivity index (χ4v) is 2.79. The van der Waals surface area contributed by atoms with Crippen molar-refractivity contribution in [2.45, 2.75) is 37.8 Å². The van der Waals surface area contributed by atoms with Crippen LogP contribution in [0.3, 0.4) is 0 Å². The Morgan fingerprint density at radius 2 is 2.00 bits per heavy atom. The van der Waals surface area contributed by atoms with Gasteiger partial charge in [0.2, 0.25) is 5.91 Å². The number of nitrogens with one attached hydrogen (secondary N) is 1. The summed E-state index contributed by atoms with van der Waals surface area (Å²) in [6, 6.07) is 8.14. The average molecular weight is 296 g/mol. The lowest BCUT2D eigenvalue weighted by Gasteiger charge is -2.29. The molecule has 1 saturated heterocycles. The van der Waals surface area contributed by atoms with Crippen LogP contribution >= 0.6 is 0 Å². The highest BCUT2D eigenvalue weighted by atomic mass is 19.1. The fraction of sp³-hybridized carbons (Fsp3) is 0.533. The van der Waals surface area contributed by atoms with E-state index in [1.54, 1.807) is 4.90 Å². The molecule has 1 aliphatic heterocycles. The molecule has 21 heavy (non-hydrogen) atoms. The van der Waals surface area contributed by atoms with E-state index in [-0.39, 0.29) is 19.1 Å².